The van der Waals surface area contributed by atoms with Gasteiger partial charge in [-0.05, 0) is 44.4 Å². The fourth-order valence-corrected chi connectivity index (χ4v) is 5.71. The molecule has 1 spiro atoms. The number of hydrogen-bond donors (Lipinski definition) is 0. The maximum atomic E-state index is 13.0. The zero-order chi connectivity index (χ0) is 24.8. The predicted octanol–water partition coefficient (Wildman–Crippen LogP) is 3.59. The van der Waals surface area contributed by atoms with Gasteiger partial charge in [0.1, 0.15) is 11.9 Å². The first-order valence-corrected chi connectivity index (χ1v) is 11.9. The lowest BCUT2D eigenvalue weighted by atomic mass is 9.61. The summed E-state index contributed by atoms with van der Waals surface area (Å²) in [6.45, 7) is 7.65. The van der Waals surface area contributed by atoms with Crippen LogP contribution in [-0.2, 0) is 17.5 Å². The molecule has 11 heteroatoms. The van der Waals surface area contributed by atoms with Gasteiger partial charge in [-0.15, -0.1) is 0 Å². The molecule has 8 nitrogen and oxygen atoms in total. The molecule has 1 aliphatic carbocycles. The number of likely N-dealkylation sites (tertiary alicyclic amines) is 1. The van der Waals surface area contributed by atoms with Crippen LogP contribution in [0, 0.1) is 5.41 Å². The average Bonchev–Trinajstić information content (AvgIpc) is 2.76. The summed E-state index contributed by atoms with van der Waals surface area (Å²) in [5.41, 5.74) is 0.492. The molecule has 2 saturated heterocycles. The monoisotopic (exact) mass is 490 g/mol. The zero-order valence-electron chi connectivity index (χ0n) is 19.8. The summed E-state index contributed by atoms with van der Waals surface area (Å²) < 4.78 is 44.1. The van der Waals surface area contributed by atoms with Crippen molar-refractivity contribution < 1.29 is 22.7 Å². The van der Waals surface area contributed by atoms with Crippen LogP contribution in [0.4, 0.5) is 23.8 Å². The molecular weight excluding hydrogens is 461 g/mol. The van der Waals surface area contributed by atoms with Crippen molar-refractivity contribution in [3.63, 3.8) is 0 Å². The fourth-order valence-electron chi connectivity index (χ4n) is 5.71. The number of halogens is 3. The van der Waals surface area contributed by atoms with Crippen LogP contribution in [0.25, 0.3) is 0 Å². The summed E-state index contributed by atoms with van der Waals surface area (Å²) in [5, 5.41) is 0. The van der Waals surface area contributed by atoms with E-state index in [-0.39, 0.29) is 29.7 Å². The third-order valence-corrected chi connectivity index (χ3v) is 7.24. The highest BCUT2D eigenvalue weighted by molar-refractivity contribution is 5.69. The van der Waals surface area contributed by atoms with Crippen molar-refractivity contribution in [2.75, 3.05) is 31.1 Å². The number of pyridine rings is 1. The van der Waals surface area contributed by atoms with Crippen molar-refractivity contribution in [1.29, 1.82) is 0 Å². The maximum absolute atomic E-state index is 13.0. The lowest BCUT2D eigenvalue weighted by Gasteiger charge is -2.58. The molecule has 0 bridgehead atoms. The van der Waals surface area contributed by atoms with E-state index in [9.17, 15) is 18.0 Å². The van der Waals surface area contributed by atoms with Crippen LogP contribution in [0.15, 0.2) is 36.9 Å². The van der Waals surface area contributed by atoms with Crippen LogP contribution in [0.2, 0.25) is 0 Å². The van der Waals surface area contributed by atoms with Gasteiger partial charge in [0.25, 0.3) is 0 Å². The van der Waals surface area contributed by atoms with Gasteiger partial charge in [-0.25, -0.2) is 14.8 Å². The Morgan fingerprint density at radius 1 is 1.09 bits per heavy atom. The first kappa shape index (κ1) is 23.8. The number of anilines is 1. The second-order valence-corrected chi connectivity index (χ2v) is 10.2. The second kappa shape index (κ2) is 8.92. The number of piperazine rings is 1. The van der Waals surface area contributed by atoms with E-state index in [4.69, 9.17) is 4.74 Å². The Morgan fingerprint density at radius 2 is 1.74 bits per heavy atom. The smallest absolute Gasteiger partial charge is 0.434 e. The molecule has 5 rings (SSSR count). The molecule has 188 valence electrons. The molecule has 35 heavy (non-hydrogen) atoms. The minimum absolute atomic E-state index is 0.0659. The molecule has 2 atom stereocenters. The largest absolute Gasteiger partial charge is 0.446 e. The fraction of sp³-hybridized carbons (Fsp3) is 0.583. The lowest BCUT2D eigenvalue weighted by molar-refractivity contribution is -0.141. The van der Waals surface area contributed by atoms with E-state index in [0.717, 1.165) is 44.9 Å². The molecule has 0 unspecified atom stereocenters. The number of hydrogen-bond acceptors (Lipinski definition) is 7. The predicted molar refractivity (Wildman–Crippen MR) is 121 cm³/mol. The third kappa shape index (κ3) is 4.91. The van der Waals surface area contributed by atoms with Crippen molar-refractivity contribution >= 4 is 11.9 Å². The Labute approximate surface area is 202 Å². The van der Waals surface area contributed by atoms with Crippen LogP contribution < -0.4 is 4.90 Å². The molecule has 0 N–H and O–H groups in total. The van der Waals surface area contributed by atoms with Crippen LogP contribution in [0.3, 0.4) is 0 Å². The Hall–Kier alpha value is -2.95. The Morgan fingerprint density at radius 3 is 2.31 bits per heavy atom. The Balaban J connectivity index is 1.09. The molecule has 2 aromatic heterocycles. The van der Waals surface area contributed by atoms with Gasteiger partial charge in [-0.3, -0.25) is 14.8 Å². The van der Waals surface area contributed by atoms with Gasteiger partial charge in [0.05, 0.1) is 24.5 Å². The van der Waals surface area contributed by atoms with Gasteiger partial charge in [0, 0.05) is 50.5 Å². The molecule has 1 saturated carbocycles. The Bertz CT molecular complexity index is 1030. The normalized spacial score (nSPS) is 24.7. The standard InChI is InChI=1S/C24H29F3N6O2/c1-16-11-32(21-10-29-20(9-30-21)24(25,26)27)12-17(2)33(16)22(34)35-19-7-23(8-19)14-31(15-23)13-18-3-5-28-6-4-18/h3-6,9-10,16-17,19H,7-8,11-15H2,1-2H3/t16-,17-/m1/s1. The highest BCUT2D eigenvalue weighted by atomic mass is 19.4. The molecule has 0 radical (unpaired) electrons. The Kier molecular flexibility index (Phi) is 6.06. The minimum atomic E-state index is -4.52. The van der Waals surface area contributed by atoms with Crippen molar-refractivity contribution in [2.24, 2.45) is 5.41 Å². The highest BCUT2D eigenvalue weighted by Crippen LogP contribution is 2.50. The summed E-state index contributed by atoms with van der Waals surface area (Å²) in [5.74, 6) is 0.368. The van der Waals surface area contributed by atoms with Crippen LogP contribution in [-0.4, -0.2) is 75.2 Å². The topological polar surface area (TPSA) is 74.7 Å². The van der Waals surface area contributed by atoms with E-state index >= 15 is 0 Å². The van der Waals surface area contributed by atoms with E-state index in [1.54, 1.807) is 4.90 Å². The van der Waals surface area contributed by atoms with E-state index in [1.807, 2.05) is 43.3 Å². The number of nitrogens with zero attached hydrogens (tertiary/aromatic N) is 6. The molecule has 2 aliphatic heterocycles. The number of rotatable bonds is 4. The molecule has 2 aromatic rings. The number of carbonyl (C=O) groups excluding carboxylic acids is 1. The summed E-state index contributed by atoms with van der Waals surface area (Å²) >= 11 is 0. The van der Waals surface area contributed by atoms with Gasteiger partial charge in [0.2, 0.25) is 0 Å². The van der Waals surface area contributed by atoms with E-state index in [2.05, 4.69) is 19.9 Å². The summed E-state index contributed by atoms with van der Waals surface area (Å²) in [6, 6.07) is 3.71. The van der Waals surface area contributed by atoms with Crippen LogP contribution in [0.1, 0.15) is 37.9 Å². The molecule has 3 aliphatic rings. The van der Waals surface area contributed by atoms with Gasteiger partial charge < -0.3 is 9.64 Å². The second-order valence-electron chi connectivity index (χ2n) is 10.2. The number of alkyl halides is 3. The summed E-state index contributed by atoms with van der Waals surface area (Å²) in [7, 11) is 0. The first-order valence-electron chi connectivity index (χ1n) is 11.9. The van der Waals surface area contributed by atoms with Crippen molar-refractivity contribution in [3.05, 3.63) is 48.2 Å². The average molecular weight is 491 g/mol. The quantitative estimate of drug-likeness (QED) is 0.649. The number of ether oxygens (including phenoxy) is 1. The van der Waals surface area contributed by atoms with Crippen molar-refractivity contribution in [1.82, 2.24) is 24.8 Å². The molecule has 4 heterocycles. The molecular formula is C24H29F3N6O2. The highest BCUT2D eigenvalue weighted by Gasteiger charge is 2.54. The van der Waals surface area contributed by atoms with Crippen LogP contribution >= 0.6 is 0 Å². The number of amides is 1. The van der Waals surface area contributed by atoms with Gasteiger partial charge in [-0.1, -0.05) is 0 Å². The minimum Gasteiger partial charge on any atom is -0.446 e. The first-order chi connectivity index (χ1) is 16.6. The van der Waals surface area contributed by atoms with Crippen molar-refractivity contribution in [3.8, 4) is 0 Å². The third-order valence-electron chi connectivity index (χ3n) is 7.24. The number of carbonyl (C=O) groups is 1. The summed E-state index contributed by atoms with van der Waals surface area (Å²) in [4.78, 5) is 30.5. The maximum Gasteiger partial charge on any atom is 0.434 e. The van der Waals surface area contributed by atoms with Crippen molar-refractivity contribution in [2.45, 2.75) is 57.6 Å². The van der Waals surface area contributed by atoms with E-state index < -0.39 is 11.9 Å². The molecule has 1 amide bonds. The zero-order valence-corrected chi connectivity index (χ0v) is 19.8. The lowest BCUT2D eigenvalue weighted by Crippen LogP contribution is -2.65. The van der Waals surface area contributed by atoms with Gasteiger partial charge in [-0.2, -0.15) is 13.2 Å². The SMILES string of the molecule is C[C@@H]1CN(c2cnc(C(F)(F)F)cn2)C[C@@H](C)N1C(=O)OC1CC2(C1)CN(Cc1ccncc1)C2. The van der Waals surface area contributed by atoms with E-state index in [1.165, 1.54) is 5.56 Å². The number of aromatic nitrogens is 3. The van der Waals surface area contributed by atoms with Gasteiger partial charge >= 0.3 is 12.3 Å². The van der Waals surface area contributed by atoms with E-state index in [0.29, 0.717) is 18.9 Å². The summed E-state index contributed by atoms with van der Waals surface area (Å²) in [6.07, 6.45) is 2.36. The van der Waals surface area contributed by atoms with Gasteiger partial charge in [0.15, 0.2) is 5.69 Å². The molecule has 0 aromatic carbocycles. The van der Waals surface area contributed by atoms with Crippen LogP contribution in [0.5, 0.6) is 0 Å². The molecule has 3 fully saturated rings.